The molecule has 1 saturated heterocycles. The van der Waals surface area contributed by atoms with Crippen molar-refractivity contribution in [3.05, 3.63) is 47.6 Å². The first kappa shape index (κ1) is 16.3. The first-order valence-electron chi connectivity index (χ1n) is 11.6. The first-order valence-corrected chi connectivity index (χ1v) is 10.1. The molecule has 2 aliphatic rings. The predicted molar refractivity (Wildman–Crippen MR) is 111 cm³/mol. The maximum absolute atomic E-state index is 12.6. The third-order valence-corrected chi connectivity index (χ3v) is 5.98. The van der Waals surface area contributed by atoms with E-state index in [4.69, 9.17) is 14.4 Å². The fraction of sp³-hybridized carbons (Fsp3) is 0.364. The van der Waals surface area contributed by atoms with E-state index in [0.717, 1.165) is 30.5 Å². The molecular formula is C22H23N5O4. The van der Waals surface area contributed by atoms with Gasteiger partial charge in [-0.25, -0.2) is 4.98 Å². The van der Waals surface area contributed by atoms with Crippen molar-refractivity contribution >= 4 is 11.8 Å². The predicted octanol–water partition coefficient (Wildman–Crippen LogP) is 1.69. The topological polar surface area (TPSA) is 127 Å². The molecule has 9 nitrogen and oxygen atoms in total. The van der Waals surface area contributed by atoms with Gasteiger partial charge in [-0.1, -0.05) is 23.4 Å². The third-order valence-electron chi connectivity index (χ3n) is 5.98. The molecule has 1 fully saturated rings. The average molecular weight is 424 g/mol. The van der Waals surface area contributed by atoms with E-state index in [1.54, 1.807) is 6.07 Å². The molecule has 0 unspecified atom stereocenters. The molecule has 0 bridgehead atoms. The minimum absolute atomic E-state index is 0.111. The molecule has 4 heterocycles. The molecule has 5 rings (SSSR count). The highest BCUT2D eigenvalue weighted by molar-refractivity contribution is 5.91. The summed E-state index contributed by atoms with van der Waals surface area (Å²) < 4.78 is 29.6. The molecule has 1 aromatic carbocycles. The minimum Gasteiger partial charge on any atom is -0.373 e. The maximum atomic E-state index is 12.6. The van der Waals surface area contributed by atoms with Gasteiger partial charge in [-0.15, -0.1) is 0 Å². The van der Waals surface area contributed by atoms with Gasteiger partial charge in [0.1, 0.15) is 5.69 Å². The van der Waals surface area contributed by atoms with E-state index >= 15 is 0 Å². The molecular weight excluding hydrogens is 398 g/mol. The molecule has 9 heteroatoms. The second-order valence-electron chi connectivity index (χ2n) is 7.93. The van der Waals surface area contributed by atoms with Crippen LogP contribution in [0.15, 0.2) is 34.9 Å². The van der Waals surface area contributed by atoms with Crippen molar-refractivity contribution in [1.82, 2.24) is 19.6 Å². The molecule has 0 saturated carbocycles. The van der Waals surface area contributed by atoms with Gasteiger partial charge in [-0.3, -0.25) is 9.59 Å². The zero-order valence-electron chi connectivity index (χ0n) is 19.7. The number of carbonyl (C=O) groups excluding carboxylic acids is 2. The normalized spacial score (nSPS) is 22.7. The van der Waals surface area contributed by atoms with Crippen LogP contribution >= 0.6 is 0 Å². The number of hydrogen-bond acceptors (Lipinski definition) is 6. The monoisotopic (exact) mass is 424 g/mol. The summed E-state index contributed by atoms with van der Waals surface area (Å²) in [6, 6.07) is 8.74. The van der Waals surface area contributed by atoms with Gasteiger partial charge in [0.2, 0.25) is 5.60 Å². The van der Waals surface area contributed by atoms with E-state index in [1.807, 2.05) is 22.8 Å². The average Bonchev–Trinajstić information content (AvgIpc) is 3.50. The SMILES string of the molecule is [2H]C([2H])([2H])N1CC[C@@](O)(c2cc(-c3cccc(-c4nc(C(N)=O)n5c4CCCC5)c3)no2)C1=O. The van der Waals surface area contributed by atoms with Gasteiger partial charge >= 0.3 is 0 Å². The Bertz CT molecular complexity index is 1300. The number of fused-ring (bicyclic) bond motifs is 1. The number of aliphatic hydroxyl groups is 1. The molecule has 0 spiro atoms. The van der Waals surface area contributed by atoms with Gasteiger partial charge in [0.25, 0.3) is 11.8 Å². The molecule has 2 aromatic heterocycles. The molecule has 31 heavy (non-hydrogen) atoms. The van der Waals surface area contributed by atoms with E-state index in [1.165, 1.54) is 6.07 Å². The number of aromatic nitrogens is 3. The fourth-order valence-electron chi connectivity index (χ4n) is 4.33. The quantitative estimate of drug-likeness (QED) is 0.656. The summed E-state index contributed by atoms with van der Waals surface area (Å²) >= 11 is 0. The van der Waals surface area contributed by atoms with E-state index in [-0.39, 0.29) is 24.6 Å². The largest absolute Gasteiger partial charge is 0.373 e. The Hall–Kier alpha value is -3.46. The van der Waals surface area contributed by atoms with E-state index < -0.39 is 24.4 Å². The summed E-state index contributed by atoms with van der Waals surface area (Å²) in [5.41, 5.74) is 6.86. The summed E-state index contributed by atoms with van der Waals surface area (Å²) in [6.45, 7) is -2.08. The van der Waals surface area contributed by atoms with Crippen molar-refractivity contribution in [2.75, 3.05) is 13.5 Å². The Morgan fingerprint density at radius 3 is 2.90 bits per heavy atom. The van der Waals surface area contributed by atoms with Crippen LogP contribution in [0, 0.1) is 0 Å². The lowest BCUT2D eigenvalue weighted by Gasteiger charge is -2.16. The lowest BCUT2D eigenvalue weighted by atomic mass is 9.97. The number of imidazole rings is 1. The van der Waals surface area contributed by atoms with E-state index in [0.29, 0.717) is 28.4 Å². The van der Waals surface area contributed by atoms with Crippen molar-refractivity contribution in [1.29, 1.82) is 0 Å². The summed E-state index contributed by atoms with van der Waals surface area (Å²) in [7, 11) is 0. The number of nitrogens with two attached hydrogens (primary N) is 1. The molecule has 0 radical (unpaired) electrons. The molecule has 0 aliphatic carbocycles. The number of benzene rings is 1. The second-order valence-corrected chi connectivity index (χ2v) is 7.93. The van der Waals surface area contributed by atoms with Gasteiger partial charge < -0.3 is 24.8 Å². The molecule has 3 N–H and O–H groups in total. The third kappa shape index (κ3) is 3.04. The van der Waals surface area contributed by atoms with Crippen LogP contribution in [0.3, 0.4) is 0 Å². The maximum Gasteiger partial charge on any atom is 0.284 e. The Balaban J connectivity index is 1.49. The number of hydrogen-bond donors (Lipinski definition) is 2. The first-order chi connectivity index (χ1) is 16.1. The van der Waals surface area contributed by atoms with Crippen LogP contribution in [0.1, 0.15) is 45.4 Å². The summed E-state index contributed by atoms with van der Waals surface area (Å²) in [4.78, 5) is 29.7. The summed E-state index contributed by atoms with van der Waals surface area (Å²) in [5.74, 6) is -1.39. The van der Waals surface area contributed by atoms with Crippen LogP contribution in [0.4, 0.5) is 0 Å². The molecule has 2 aliphatic heterocycles. The van der Waals surface area contributed by atoms with E-state index in [2.05, 4.69) is 10.1 Å². The summed E-state index contributed by atoms with van der Waals surface area (Å²) in [5, 5.41) is 14.9. The molecule has 160 valence electrons. The van der Waals surface area contributed by atoms with Crippen LogP contribution in [0.2, 0.25) is 0 Å². The zero-order valence-corrected chi connectivity index (χ0v) is 16.7. The Morgan fingerprint density at radius 2 is 2.13 bits per heavy atom. The van der Waals surface area contributed by atoms with Crippen molar-refractivity contribution in [3.63, 3.8) is 0 Å². The molecule has 3 aromatic rings. The van der Waals surface area contributed by atoms with Gasteiger partial charge in [-0.05, 0) is 25.3 Å². The number of rotatable bonds is 4. The van der Waals surface area contributed by atoms with Crippen LogP contribution in [0.5, 0.6) is 0 Å². The van der Waals surface area contributed by atoms with Gasteiger partial charge in [0.15, 0.2) is 11.6 Å². The Labute approximate surface area is 182 Å². The fourth-order valence-corrected chi connectivity index (χ4v) is 4.33. The number of amides is 2. The standard InChI is InChI=1S/C22H23N5O4/c1-26-10-8-22(30,21(26)29)17-12-15(25-31-17)13-5-4-6-14(11-13)18-16-7-2-3-9-27(16)20(24-18)19(23)28/h4-6,11-12,30H,2-3,7-10H2,1H3,(H2,23,28)/t22-/m1/s1/i1D3. The number of likely N-dealkylation sites (N-methyl/N-ethyl adjacent to an activating group) is 1. The van der Waals surface area contributed by atoms with Crippen molar-refractivity contribution in [2.45, 2.75) is 37.8 Å². The lowest BCUT2D eigenvalue weighted by molar-refractivity contribution is -0.144. The second kappa shape index (κ2) is 7.05. The van der Waals surface area contributed by atoms with Crippen LogP contribution in [-0.2, 0) is 23.4 Å². The van der Waals surface area contributed by atoms with E-state index in [9.17, 15) is 14.7 Å². The van der Waals surface area contributed by atoms with Crippen molar-refractivity contribution in [2.24, 2.45) is 5.73 Å². The zero-order chi connectivity index (χ0) is 24.3. The smallest absolute Gasteiger partial charge is 0.284 e. The lowest BCUT2D eigenvalue weighted by Crippen LogP contribution is -2.35. The van der Waals surface area contributed by atoms with Crippen LogP contribution in [-0.4, -0.2) is 50.0 Å². The van der Waals surface area contributed by atoms with Crippen LogP contribution < -0.4 is 5.73 Å². The van der Waals surface area contributed by atoms with Crippen LogP contribution in [0.25, 0.3) is 22.5 Å². The number of primary amides is 1. The highest BCUT2D eigenvalue weighted by atomic mass is 16.5. The molecule has 2 amide bonds. The Kier molecular flexibility index (Phi) is 3.70. The minimum atomic E-state index is -2.65. The Morgan fingerprint density at radius 1 is 1.29 bits per heavy atom. The molecule has 1 atom stereocenters. The highest BCUT2D eigenvalue weighted by Crippen LogP contribution is 2.36. The van der Waals surface area contributed by atoms with Crippen molar-refractivity contribution in [3.8, 4) is 22.5 Å². The number of nitrogens with zero attached hydrogens (tertiary/aromatic N) is 4. The van der Waals surface area contributed by atoms with Gasteiger partial charge in [-0.2, -0.15) is 0 Å². The number of likely N-dealkylation sites (tertiary alicyclic amines) is 1. The van der Waals surface area contributed by atoms with Gasteiger partial charge in [0, 0.05) is 53.5 Å². The summed E-state index contributed by atoms with van der Waals surface area (Å²) in [6.07, 6.45) is 2.60. The number of carbonyl (C=O) groups is 2. The van der Waals surface area contributed by atoms with Crippen molar-refractivity contribution < 1.29 is 23.3 Å². The van der Waals surface area contributed by atoms with Gasteiger partial charge in [0.05, 0.1) is 5.69 Å². The highest BCUT2D eigenvalue weighted by Gasteiger charge is 2.48.